The lowest BCUT2D eigenvalue weighted by Gasteiger charge is -2.28. The van der Waals surface area contributed by atoms with E-state index < -0.39 is 5.60 Å². The number of unbranched alkanes of at least 4 members (excludes halogenated alkanes) is 7. The van der Waals surface area contributed by atoms with Gasteiger partial charge >= 0.3 is 0 Å². The quantitative estimate of drug-likeness (QED) is 0.0969. The summed E-state index contributed by atoms with van der Waals surface area (Å²) in [7, 11) is 0. The van der Waals surface area contributed by atoms with Crippen LogP contribution in [0, 0.1) is 0 Å². The second kappa shape index (κ2) is 14.9. The number of imidazole rings is 1. The minimum Gasteiger partial charge on any atom is -0.380 e. The van der Waals surface area contributed by atoms with Crippen molar-refractivity contribution in [3.8, 4) is 5.69 Å². The number of fused-ring (bicyclic) bond motifs is 1. The molecule has 0 amide bonds. The van der Waals surface area contributed by atoms with Crippen molar-refractivity contribution in [2.75, 3.05) is 6.61 Å². The first-order valence-corrected chi connectivity index (χ1v) is 15.7. The Balaban J connectivity index is 1.47. The van der Waals surface area contributed by atoms with Crippen molar-refractivity contribution in [2.24, 2.45) is 0 Å². The molecule has 0 aliphatic carbocycles. The normalized spacial score (nSPS) is 11.8. The lowest BCUT2D eigenvalue weighted by molar-refractivity contribution is -0.717. The number of aromatic nitrogens is 2. The Hall–Kier alpha value is -3.73. The monoisotopic (exact) mass is 561 g/mol. The van der Waals surface area contributed by atoms with Crippen molar-refractivity contribution in [1.29, 1.82) is 0 Å². The van der Waals surface area contributed by atoms with Crippen LogP contribution in [0.2, 0.25) is 0 Å². The fourth-order valence-corrected chi connectivity index (χ4v) is 5.99. The number of nitrogens with zero attached hydrogens (tertiary/aromatic N) is 2. The maximum Gasteiger partial charge on any atom is 0.268 e. The van der Waals surface area contributed by atoms with Crippen molar-refractivity contribution in [2.45, 2.75) is 77.0 Å². The van der Waals surface area contributed by atoms with E-state index in [1.807, 2.05) is 66.7 Å². The first kappa shape index (κ1) is 29.8. The predicted octanol–water partition coefficient (Wildman–Crippen LogP) is 8.51. The molecule has 1 N–H and O–H groups in total. The molecule has 218 valence electrons. The van der Waals surface area contributed by atoms with Gasteiger partial charge in [0.2, 0.25) is 0 Å². The van der Waals surface area contributed by atoms with E-state index in [0.717, 1.165) is 46.7 Å². The van der Waals surface area contributed by atoms with Crippen LogP contribution in [0.25, 0.3) is 16.7 Å². The molecule has 0 saturated carbocycles. The minimum atomic E-state index is -1.23. The smallest absolute Gasteiger partial charge is 0.268 e. The van der Waals surface area contributed by atoms with Gasteiger partial charge in [0.05, 0.1) is 13.0 Å². The topological polar surface area (TPSA) is 38.3 Å². The van der Waals surface area contributed by atoms with E-state index in [2.05, 4.69) is 64.6 Å². The molecule has 1 heterocycles. The van der Waals surface area contributed by atoms with Crippen molar-refractivity contribution in [1.82, 2.24) is 4.57 Å². The van der Waals surface area contributed by atoms with Crippen molar-refractivity contribution < 1.29 is 14.4 Å². The molecule has 0 bridgehead atoms. The Morgan fingerprint density at radius 3 is 1.79 bits per heavy atom. The van der Waals surface area contributed by atoms with Crippen molar-refractivity contribution >= 4 is 11.0 Å². The Labute approximate surface area is 251 Å². The zero-order valence-corrected chi connectivity index (χ0v) is 25.0. The summed E-state index contributed by atoms with van der Waals surface area (Å²) in [4.78, 5) is 0. The summed E-state index contributed by atoms with van der Waals surface area (Å²) in [5.74, 6) is 0.994. The second-order valence-corrected chi connectivity index (χ2v) is 11.3. The summed E-state index contributed by atoms with van der Waals surface area (Å²) in [6, 6.07) is 39.0. The minimum absolute atomic E-state index is 0.381. The van der Waals surface area contributed by atoms with Crippen LogP contribution < -0.4 is 4.57 Å². The maximum absolute atomic E-state index is 12.6. The van der Waals surface area contributed by atoms with E-state index in [1.54, 1.807) is 0 Å². The van der Waals surface area contributed by atoms with Gasteiger partial charge in [-0.15, -0.1) is 0 Å². The molecule has 0 atom stereocenters. The van der Waals surface area contributed by atoms with E-state index >= 15 is 0 Å². The van der Waals surface area contributed by atoms with E-state index in [1.165, 1.54) is 44.9 Å². The fourth-order valence-electron chi connectivity index (χ4n) is 5.99. The van der Waals surface area contributed by atoms with E-state index in [0.29, 0.717) is 13.2 Å². The molecule has 0 saturated heterocycles. The molecule has 4 heteroatoms. The zero-order valence-electron chi connectivity index (χ0n) is 25.0. The summed E-state index contributed by atoms with van der Waals surface area (Å²) in [6.45, 7) is 3.43. The van der Waals surface area contributed by atoms with Crippen LogP contribution in [-0.4, -0.2) is 16.3 Å². The third kappa shape index (κ3) is 7.00. The molecule has 5 rings (SSSR count). The number of hydrogen-bond acceptors (Lipinski definition) is 2. The molecule has 42 heavy (non-hydrogen) atoms. The van der Waals surface area contributed by atoms with Crippen molar-refractivity contribution in [3.63, 3.8) is 0 Å². The van der Waals surface area contributed by atoms with Gasteiger partial charge in [-0.1, -0.05) is 143 Å². The second-order valence-electron chi connectivity index (χ2n) is 11.3. The summed E-state index contributed by atoms with van der Waals surface area (Å²) < 4.78 is 10.9. The highest BCUT2D eigenvalue weighted by Gasteiger charge is 2.39. The molecule has 5 aromatic rings. The number of rotatable bonds is 16. The highest BCUT2D eigenvalue weighted by atomic mass is 16.5. The van der Waals surface area contributed by atoms with Crippen LogP contribution in [-0.2, 0) is 23.5 Å². The standard InChI is InChI=1S/C38H45N2O2/c1-2-3-4-5-6-7-8-20-29-42-31-39-35-27-18-19-28-36(35)40(34-25-16-11-17-26-34)37(39)30-38(41,32-21-12-9-13-22-32)33-23-14-10-15-24-33/h9-19,21-28,41H,2-8,20,29-31H2,1H3/q+1. The molecule has 0 aliphatic rings. The van der Waals surface area contributed by atoms with Crippen LogP contribution in [0.15, 0.2) is 115 Å². The molecule has 0 radical (unpaired) electrons. The van der Waals surface area contributed by atoms with Gasteiger partial charge in [0.15, 0.2) is 17.8 Å². The number of aliphatic hydroxyl groups is 1. The predicted molar refractivity (Wildman–Crippen MR) is 172 cm³/mol. The molecular weight excluding hydrogens is 516 g/mol. The van der Waals surface area contributed by atoms with Crippen LogP contribution >= 0.6 is 0 Å². The zero-order chi connectivity index (χ0) is 29.0. The van der Waals surface area contributed by atoms with Gasteiger partial charge in [0.25, 0.3) is 5.82 Å². The average Bonchev–Trinajstić information content (AvgIpc) is 3.35. The highest BCUT2D eigenvalue weighted by Crippen LogP contribution is 2.34. The van der Waals surface area contributed by atoms with Gasteiger partial charge in [-0.3, -0.25) is 0 Å². The molecule has 0 aliphatic heterocycles. The van der Waals surface area contributed by atoms with Gasteiger partial charge in [0.1, 0.15) is 11.3 Å². The van der Waals surface area contributed by atoms with Gasteiger partial charge in [-0.2, -0.15) is 4.57 Å². The molecule has 0 fully saturated rings. The average molecular weight is 562 g/mol. The Kier molecular flexibility index (Phi) is 10.6. The number of ether oxygens (including phenoxy) is 1. The highest BCUT2D eigenvalue weighted by molar-refractivity contribution is 5.74. The maximum atomic E-state index is 12.6. The summed E-state index contributed by atoms with van der Waals surface area (Å²) in [5, 5.41) is 12.6. The number of benzene rings is 4. The van der Waals surface area contributed by atoms with E-state index in [9.17, 15) is 5.11 Å². The summed E-state index contributed by atoms with van der Waals surface area (Å²) in [6.07, 6.45) is 10.6. The number of hydrogen-bond donors (Lipinski definition) is 1. The van der Waals surface area contributed by atoms with E-state index in [4.69, 9.17) is 4.74 Å². The molecule has 4 nitrogen and oxygen atoms in total. The molecule has 1 aromatic heterocycles. The molecular formula is C38H45N2O2+. The van der Waals surface area contributed by atoms with Gasteiger partial charge in [0, 0.05) is 0 Å². The first-order chi connectivity index (χ1) is 20.7. The fraction of sp³-hybridized carbons (Fsp3) is 0.342. The van der Waals surface area contributed by atoms with Crippen molar-refractivity contribution in [3.05, 3.63) is 132 Å². The third-order valence-electron chi connectivity index (χ3n) is 8.28. The largest absolute Gasteiger partial charge is 0.380 e. The Bertz CT molecular complexity index is 1460. The number of para-hydroxylation sites is 3. The van der Waals surface area contributed by atoms with Crippen LogP contribution in [0.3, 0.4) is 0 Å². The van der Waals surface area contributed by atoms with Crippen LogP contribution in [0.1, 0.15) is 75.2 Å². The molecule has 4 aromatic carbocycles. The lowest BCUT2D eigenvalue weighted by Crippen LogP contribution is -2.43. The van der Waals surface area contributed by atoms with Gasteiger partial charge < -0.3 is 9.84 Å². The Morgan fingerprint density at radius 1 is 0.643 bits per heavy atom. The van der Waals surface area contributed by atoms with Crippen LogP contribution in [0.4, 0.5) is 0 Å². The first-order valence-electron chi connectivity index (χ1n) is 15.7. The SMILES string of the molecule is CCCCCCCCCCOC[n+]1c(CC(O)(c2ccccc2)c2ccccc2)n(-c2ccccc2)c2ccccc21. The van der Waals surface area contributed by atoms with Gasteiger partial charge in [-0.25, -0.2) is 4.57 Å². The Morgan fingerprint density at radius 2 is 1.17 bits per heavy atom. The van der Waals surface area contributed by atoms with Gasteiger partial charge in [-0.05, 0) is 41.8 Å². The molecule has 0 unspecified atom stereocenters. The summed E-state index contributed by atoms with van der Waals surface area (Å²) >= 11 is 0. The van der Waals surface area contributed by atoms with E-state index in [-0.39, 0.29) is 0 Å². The molecule has 0 spiro atoms. The third-order valence-corrected chi connectivity index (χ3v) is 8.28. The van der Waals surface area contributed by atoms with Crippen LogP contribution in [0.5, 0.6) is 0 Å². The lowest BCUT2D eigenvalue weighted by atomic mass is 9.83. The summed E-state index contributed by atoms with van der Waals surface area (Å²) in [5.41, 5.74) is 3.76.